The SMILES string of the molecule is CC(Cc1ccc(C2CCC(C(=O)Oc3ccc(Cl)cc3)CC2)cc1)c1ccccc1. The van der Waals surface area contributed by atoms with Gasteiger partial charge in [-0.1, -0.05) is 73.1 Å². The Morgan fingerprint density at radius 2 is 1.55 bits per heavy atom. The number of hydrogen-bond acceptors (Lipinski definition) is 2. The minimum absolute atomic E-state index is 0.0158. The van der Waals surface area contributed by atoms with Gasteiger partial charge in [0.15, 0.2) is 0 Å². The zero-order chi connectivity index (χ0) is 21.6. The van der Waals surface area contributed by atoms with Crippen molar-refractivity contribution in [2.75, 3.05) is 0 Å². The molecule has 0 aliphatic heterocycles. The maximum atomic E-state index is 12.5. The molecule has 0 aromatic heterocycles. The molecule has 1 saturated carbocycles. The van der Waals surface area contributed by atoms with E-state index in [1.54, 1.807) is 24.3 Å². The fraction of sp³-hybridized carbons (Fsp3) is 0.321. The smallest absolute Gasteiger partial charge is 0.314 e. The van der Waals surface area contributed by atoms with Crippen LogP contribution in [0.15, 0.2) is 78.9 Å². The summed E-state index contributed by atoms with van der Waals surface area (Å²) in [6.07, 6.45) is 4.86. The van der Waals surface area contributed by atoms with Crippen molar-refractivity contribution in [2.45, 2.75) is 50.9 Å². The Balaban J connectivity index is 1.28. The second-order valence-corrected chi connectivity index (χ2v) is 9.12. The van der Waals surface area contributed by atoms with Crippen LogP contribution in [0.25, 0.3) is 0 Å². The van der Waals surface area contributed by atoms with Crippen molar-refractivity contribution in [3.63, 3.8) is 0 Å². The quantitative estimate of drug-likeness (QED) is 0.296. The molecule has 1 aliphatic carbocycles. The van der Waals surface area contributed by atoms with E-state index in [0.717, 1.165) is 32.1 Å². The lowest BCUT2D eigenvalue weighted by atomic mass is 9.78. The van der Waals surface area contributed by atoms with Crippen LogP contribution in [0.3, 0.4) is 0 Å². The minimum Gasteiger partial charge on any atom is -0.426 e. The molecule has 1 atom stereocenters. The molecule has 1 unspecified atom stereocenters. The van der Waals surface area contributed by atoms with Crippen LogP contribution >= 0.6 is 11.6 Å². The highest BCUT2D eigenvalue weighted by Crippen LogP contribution is 2.36. The summed E-state index contributed by atoms with van der Waals surface area (Å²) in [5, 5.41) is 0.640. The Hall–Kier alpha value is -2.58. The van der Waals surface area contributed by atoms with E-state index in [9.17, 15) is 4.79 Å². The summed E-state index contributed by atoms with van der Waals surface area (Å²) in [7, 11) is 0. The van der Waals surface area contributed by atoms with Gasteiger partial charge in [0, 0.05) is 5.02 Å². The molecular formula is C28H29ClO2. The number of carbonyl (C=O) groups excluding carboxylic acids is 1. The fourth-order valence-corrected chi connectivity index (χ4v) is 4.67. The summed E-state index contributed by atoms with van der Waals surface area (Å²) < 4.78 is 5.54. The van der Waals surface area contributed by atoms with Crippen LogP contribution in [-0.4, -0.2) is 5.97 Å². The second-order valence-electron chi connectivity index (χ2n) is 8.68. The summed E-state index contributed by atoms with van der Waals surface area (Å²) in [4.78, 5) is 12.5. The molecule has 3 aromatic carbocycles. The molecule has 0 radical (unpaired) electrons. The molecule has 0 heterocycles. The summed E-state index contributed by atoms with van der Waals surface area (Å²) >= 11 is 5.89. The maximum Gasteiger partial charge on any atom is 0.314 e. The number of ether oxygens (including phenoxy) is 1. The highest BCUT2D eigenvalue weighted by molar-refractivity contribution is 6.30. The van der Waals surface area contributed by atoms with Crippen molar-refractivity contribution in [1.82, 2.24) is 0 Å². The molecule has 0 spiro atoms. The average Bonchev–Trinajstić information content (AvgIpc) is 2.82. The van der Waals surface area contributed by atoms with E-state index in [1.165, 1.54) is 16.7 Å². The molecule has 3 heteroatoms. The third kappa shape index (κ3) is 5.77. The lowest BCUT2D eigenvalue weighted by Crippen LogP contribution is -2.25. The average molecular weight is 433 g/mol. The summed E-state index contributed by atoms with van der Waals surface area (Å²) in [6, 6.07) is 26.8. The normalized spacial score (nSPS) is 19.5. The third-order valence-corrected chi connectivity index (χ3v) is 6.71. The van der Waals surface area contributed by atoms with E-state index in [1.807, 2.05) is 0 Å². The number of carbonyl (C=O) groups is 1. The first kappa shape index (κ1) is 21.6. The van der Waals surface area contributed by atoms with Crippen molar-refractivity contribution in [3.05, 3.63) is 101 Å². The van der Waals surface area contributed by atoms with Gasteiger partial charge in [-0.05, 0) is 84.9 Å². The monoisotopic (exact) mass is 432 g/mol. The van der Waals surface area contributed by atoms with Crippen molar-refractivity contribution in [2.24, 2.45) is 5.92 Å². The second kappa shape index (κ2) is 10.2. The molecule has 0 amide bonds. The van der Waals surface area contributed by atoms with Gasteiger partial charge in [-0.3, -0.25) is 4.79 Å². The van der Waals surface area contributed by atoms with E-state index in [2.05, 4.69) is 61.5 Å². The van der Waals surface area contributed by atoms with E-state index < -0.39 is 0 Å². The van der Waals surface area contributed by atoms with Gasteiger partial charge in [0.2, 0.25) is 0 Å². The topological polar surface area (TPSA) is 26.3 Å². The summed E-state index contributed by atoms with van der Waals surface area (Å²) in [5.41, 5.74) is 4.15. The molecule has 31 heavy (non-hydrogen) atoms. The molecule has 1 fully saturated rings. The highest BCUT2D eigenvalue weighted by atomic mass is 35.5. The Kier molecular flexibility index (Phi) is 7.09. The number of halogens is 1. The summed E-state index contributed by atoms with van der Waals surface area (Å²) in [5.74, 6) is 1.47. The molecule has 4 rings (SSSR count). The Morgan fingerprint density at radius 3 is 2.19 bits per heavy atom. The predicted molar refractivity (Wildman–Crippen MR) is 127 cm³/mol. The Bertz CT molecular complexity index is 972. The van der Waals surface area contributed by atoms with Crippen LogP contribution in [-0.2, 0) is 11.2 Å². The lowest BCUT2D eigenvalue weighted by molar-refractivity contribution is -0.140. The van der Waals surface area contributed by atoms with E-state index >= 15 is 0 Å². The van der Waals surface area contributed by atoms with Crippen LogP contribution in [0.1, 0.15) is 61.1 Å². The molecule has 160 valence electrons. The van der Waals surface area contributed by atoms with Gasteiger partial charge in [-0.25, -0.2) is 0 Å². The van der Waals surface area contributed by atoms with Crippen LogP contribution in [0.2, 0.25) is 5.02 Å². The molecule has 1 aliphatic rings. The molecule has 3 aromatic rings. The van der Waals surface area contributed by atoms with E-state index in [-0.39, 0.29) is 11.9 Å². The number of rotatable bonds is 6. The Morgan fingerprint density at radius 1 is 0.903 bits per heavy atom. The highest BCUT2D eigenvalue weighted by Gasteiger charge is 2.28. The van der Waals surface area contributed by atoms with Gasteiger partial charge in [0.1, 0.15) is 5.75 Å². The Labute approximate surface area is 190 Å². The fourth-order valence-electron chi connectivity index (χ4n) is 4.54. The van der Waals surface area contributed by atoms with Crippen LogP contribution in [0, 0.1) is 5.92 Å². The minimum atomic E-state index is -0.119. The first-order valence-corrected chi connectivity index (χ1v) is 11.6. The zero-order valence-electron chi connectivity index (χ0n) is 18.0. The standard InChI is InChI=1S/C28H29ClO2/c1-20(22-5-3-2-4-6-22)19-21-7-9-23(10-8-21)24-11-13-25(14-12-24)28(30)31-27-17-15-26(29)16-18-27/h2-10,15-18,20,24-25H,11-14,19H2,1H3. The van der Waals surface area contributed by atoms with Gasteiger partial charge >= 0.3 is 5.97 Å². The molecular weight excluding hydrogens is 404 g/mol. The first-order chi connectivity index (χ1) is 15.1. The zero-order valence-corrected chi connectivity index (χ0v) is 18.7. The van der Waals surface area contributed by atoms with Crippen molar-refractivity contribution in [3.8, 4) is 5.75 Å². The van der Waals surface area contributed by atoms with Gasteiger partial charge in [0.25, 0.3) is 0 Å². The van der Waals surface area contributed by atoms with Crippen LogP contribution in [0.5, 0.6) is 5.75 Å². The van der Waals surface area contributed by atoms with Crippen molar-refractivity contribution >= 4 is 17.6 Å². The van der Waals surface area contributed by atoms with Gasteiger partial charge in [-0.15, -0.1) is 0 Å². The molecule has 0 N–H and O–H groups in total. The first-order valence-electron chi connectivity index (χ1n) is 11.2. The van der Waals surface area contributed by atoms with Gasteiger partial charge in [-0.2, -0.15) is 0 Å². The lowest BCUT2D eigenvalue weighted by Gasteiger charge is -2.27. The van der Waals surface area contributed by atoms with Gasteiger partial charge in [0.05, 0.1) is 5.92 Å². The number of esters is 1. The van der Waals surface area contributed by atoms with E-state index in [0.29, 0.717) is 22.6 Å². The molecule has 0 saturated heterocycles. The predicted octanol–water partition coefficient (Wildman–Crippen LogP) is 7.57. The van der Waals surface area contributed by atoms with Crippen LogP contribution < -0.4 is 4.74 Å². The van der Waals surface area contributed by atoms with Crippen molar-refractivity contribution < 1.29 is 9.53 Å². The number of benzene rings is 3. The van der Waals surface area contributed by atoms with E-state index in [4.69, 9.17) is 16.3 Å². The molecule has 2 nitrogen and oxygen atoms in total. The number of hydrogen-bond donors (Lipinski definition) is 0. The van der Waals surface area contributed by atoms with Crippen LogP contribution in [0.4, 0.5) is 0 Å². The third-order valence-electron chi connectivity index (χ3n) is 6.45. The largest absolute Gasteiger partial charge is 0.426 e. The summed E-state index contributed by atoms with van der Waals surface area (Å²) in [6.45, 7) is 2.29. The van der Waals surface area contributed by atoms with Gasteiger partial charge < -0.3 is 4.74 Å². The maximum absolute atomic E-state index is 12.5. The van der Waals surface area contributed by atoms with Crippen molar-refractivity contribution in [1.29, 1.82) is 0 Å². The molecule has 0 bridgehead atoms.